The minimum atomic E-state index is -0.280. The molecule has 1 atom stereocenters. The van der Waals surface area contributed by atoms with E-state index in [4.69, 9.17) is 10.5 Å². The van der Waals surface area contributed by atoms with Crippen LogP contribution in [0.15, 0.2) is 18.2 Å². The molecule has 1 aliphatic rings. The van der Waals surface area contributed by atoms with E-state index in [1.54, 1.807) is 19.1 Å². The first kappa shape index (κ1) is 13.3. The second-order valence-corrected chi connectivity index (χ2v) is 5.26. The van der Waals surface area contributed by atoms with E-state index >= 15 is 0 Å². The Bertz CT molecular complexity index is 386. The SMILES string of the molecule is C[C@@H](N)c1ccc(OCCC2CCCC2)cc1F. The van der Waals surface area contributed by atoms with Crippen molar-refractivity contribution in [1.82, 2.24) is 0 Å². The summed E-state index contributed by atoms with van der Waals surface area (Å²) in [6.07, 6.45) is 6.42. The van der Waals surface area contributed by atoms with Gasteiger partial charge in [-0.15, -0.1) is 0 Å². The Morgan fingerprint density at radius 3 is 2.72 bits per heavy atom. The van der Waals surface area contributed by atoms with E-state index in [0.717, 1.165) is 12.3 Å². The fraction of sp³-hybridized carbons (Fsp3) is 0.600. The van der Waals surface area contributed by atoms with Gasteiger partial charge in [-0.1, -0.05) is 31.7 Å². The first-order valence-corrected chi connectivity index (χ1v) is 6.84. The van der Waals surface area contributed by atoms with Crippen molar-refractivity contribution in [1.29, 1.82) is 0 Å². The maximum absolute atomic E-state index is 13.7. The highest BCUT2D eigenvalue weighted by atomic mass is 19.1. The summed E-state index contributed by atoms with van der Waals surface area (Å²) in [5.41, 5.74) is 6.21. The molecule has 2 N–H and O–H groups in total. The van der Waals surface area contributed by atoms with Crippen LogP contribution >= 0.6 is 0 Å². The molecule has 2 rings (SSSR count). The highest BCUT2D eigenvalue weighted by Gasteiger charge is 2.15. The lowest BCUT2D eigenvalue weighted by Crippen LogP contribution is -2.08. The molecule has 18 heavy (non-hydrogen) atoms. The van der Waals surface area contributed by atoms with Crippen LogP contribution in [0.3, 0.4) is 0 Å². The maximum atomic E-state index is 13.7. The molecule has 2 nitrogen and oxygen atoms in total. The highest BCUT2D eigenvalue weighted by molar-refractivity contribution is 5.30. The van der Waals surface area contributed by atoms with E-state index < -0.39 is 0 Å². The minimum Gasteiger partial charge on any atom is -0.493 e. The Balaban J connectivity index is 1.84. The molecule has 0 saturated heterocycles. The van der Waals surface area contributed by atoms with Crippen molar-refractivity contribution >= 4 is 0 Å². The van der Waals surface area contributed by atoms with Crippen LogP contribution in [0.5, 0.6) is 5.75 Å². The van der Waals surface area contributed by atoms with Crippen LogP contribution in [0.1, 0.15) is 50.6 Å². The van der Waals surface area contributed by atoms with Gasteiger partial charge >= 0.3 is 0 Å². The molecule has 3 heteroatoms. The number of halogens is 1. The first-order chi connectivity index (χ1) is 8.66. The Morgan fingerprint density at radius 2 is 2.11 bits per heavy atom. The van der Waals surface area contributed by atoms with Gasteiger partial charge in [0.15, 0.2) is 0 Å². The third-order valence-electron chi connectivity index (χ3n) is 3.73. The molecule has 0 amide bonds. The molecule has 0 bridgehead atoms. The lowest BCUT2D eigenvalue weighted by atomic mass is 10.1. The number of hydrogen-bond donors (Lipinski definition) is 1. The summed E-state index contributed by atoms with van der Waals surface area (Å²) >= 11 is 0. The molecular weight excluding hydrogens is 229 g/mol. The number of rotatable bonds is 5. The van der Waals surface area contributed by atoms with Crippen molar-refractivity contribution in [3.63, 3.8) is 0 Å². The van der Waals surface area contributed by atoms with Gasteiger partial charge < -0.3 is 10.5 Å². The Labute approximate surface area is 108 Å². The van der Waals surface area contributed by atoms with Crippen LogP contribution in [-0.2, 0) is 0 Å². The van der Waals surface area contributed by atoms with Crippen molar-refractivity contribution in [2.45, 2.75) is 45.1 Å². The zero-order valence-electron chi connectivity index (χ0n) is 11.0. The second-order valence-electron chi connectivity index (χ2n) is 5.26. The Kier molecular flexibility index (Phi) is 4.59. The zero-order valence-corrected chi connectivity index (χ0v) is 11.0. The van der Waals surface area contributed by atoms with Crippen molar-refractivity contribution in [2.24, 2.45) is 11.7 Å². The Hall–Kier alpha value is -1.09. The van der Waals surface area contributed by atoms with Crippen LogP contribution < -0.4 is 10.5 Å². The van der Waals surface area contributed by atoms with Gasteiger partial charge in [-0.25, -0.2) is 4.39 Å². The number of nitrogens with two attached hydrogens (primary N) is 1. The largest absolute Gasteiger partial charge is 0.493 e. The summed E-state index contributed by atoms with van der Waals surface area (Å²) in [6, 6.07) is 4.67. The van der Waals surface area contributed by atoms with Gasteiger partial charge in [-0.2, -0.15) is 0 Å². The van der Waals surface area contributed by atoms with Gasteiger partial charge in [0.1, 0.15) is 11.6 Å². The summed E-state index contributed by atoms with van der Waals surface area (Å²) in [5, 5.41) is 0. The van der Waals surface area contributed by atoms with Gasteiger partial charge in [0.05, 0.1) is 6.61 Å². The normalized spacial score (nSPS) is 17.9. The molecule has 1 aliphatic carbocycles. The van der Waals surface area contributed by atoms with Gasteiger partial charge in [0.2, 0.25) is 0 Å². The topological polar surface area (TPSA) is 35.2 Å². The van der Waals surface area contributed by atoms with Crippen LogP contribution in [0, 0.1) is 11.7 Å². The average molecular weight is 251 g/mol. The molecule has 0 aliphatic heterocycles. The Morgan fingerprint density at radius 1 is 1.39 bits per heavy atom. The smallest absolute Gasteiger partial charge is 0.131 e. The van der Waals surface area contributed by atoms with Crippen molar-refractivity contribution in [3.05, 3.63) is 29.6 Å². The molecule has 0 unspecified atom stereocenters. The van der Waals surface area contributed by atoms with E-state index in [-0.39, 0.29) is 11.9 Å². The molecule has 0 aromatic heterocycles. The highest BCUT2D eigenvalue weighted by Crippen LogP contribution is 2.28. The fourth-order valence-corrected chi connectivity index (χ4v) is 2.61. The molecule has 0 heterocycles. The minimum absolute atomic E-state index is 0.275. The van der Waals surface area contributed by atoms with Gasteiger partial charge in [-0.05, 0) is 25.3 Å². The molecule has 0 radical (unpaired) electrons. The third-order valence-corrected chi connectivity index (χ3v) is 3.73. The summed E-state index contributed by atoms with van der Waals surface area (Å²) in [4.78, 5) is 0. The van der Waals surface area contributed by atoms with E-state index in [0.29, 0.717) is 17.9 Å². The molecule has 0 spiro atoms. The van der Waals surface area contributed by atoms with Gasteiger partial charge in [-0.3, -0.25) is 0 Å². The molecule has 1 saturated carbocycles. The molecule has 1 fully saturated rings. The van der Waals surface area contributed by atoms with Crippen LogP contribution in [0.25, 0.3) is 0 Å². The fourth-order valence-electron chi connectivity index (χ4n) is 2.61. The molecule has 100 valence electrons. The average Bonchev–Trinajstić information content (AvgIpc) is 2.81. The summed E-state index contributed by atoms with van der Waals surface area (Å²) < 4.78 is 19.3. The van der Waals surface area contributed by atoms with E-state index in [9.17, 15) is 4.39 Å². The van der Waals surface area contributed by atoms with Crippen molar-refractivity contribution in [2.75, 3.05) is 6.61 Å². The third kappa shape index (κ3) is 3.45. The summed E-state index contributed by atoms with van der Waals surface area (Å²) in [5.74, 6) is 1.14. The molecule has 1 aromatic rings. The van der Waals surface area contributed by atoms with Crippen molar-refractivity contribution < 1.29 is 9.13 Å². The second kappa shape index (κ2) is 6.19. The number of hydrogen-bond acceptors (Lipinski definition) is 2. The quantitative estimate of drug-likeness (QED) is 0.863. The van der Waals surface area contributed by atoms with Crippen LogP contribution in [0.4, 0.5) is 4.39 Å². The summed E-state index contributed by atoms with van der Waals surface area (Å²) in [6.45, 7) is 2.46. The van der Waals surface area contributed by atoms with Crippen molar-refractivity contribution in [3.8, 4) is 5.75 Å². The van der Waals surface area contributed by atoms with E-state index in [1.807, 2.05) is 0 Å². The van der Waals surface area contributed by atoms with Gasteiger partial charge in [0.25, 0.3) is 0 Å². The molecule has 1 aromatic carbocycles. The van der Waals surface area contributed by atoms with Crippen LogP contribution in [-0.4, -0.2) is 6.61 Å². The lowest BCUT2D eigenvalue weighted by Gasteiger charge is -2.12. The maximum Gasteiger partial charge on any atom is 0.131 e. The summed E-state index contributed by atoms with van der Waals surface area (Å²) in [7, 11) is 0. The predicted octanol–water partition coefficient (Wildman–Crippen LogP) is 3.80. The zero-order chi connectivity index (χ0) is 13.0. The number of ether oxygens (including phenoxy) is 1. The number of benzene rings is 1. The standard InChI is InChI=1S/C15H22FNO/c1-11(17)14-7-6-13(10-15(14)16)18-9-8-12-4-2-3-5-12/h6-7,10-12H,2-5,8-9,17H2,1H3/t11-/m1/s1. The first-order valence-electron chi connectivity index (χ1n) is 6.84. The van der Waals surface area contributed by atoms with E-state index in [1.165, 1.54) is 31.7 Å². The van der Waals surface area contributed by atoms with Gasteiger partial charge in [0, 0.05) is 17.7 Å². The van der Waals surface area contributed by atoms with E-state index in [2.05, 4.69) is 0 Å². The predicted molar refractivity (Wildman–Crippen MR) is 71.1 cm³/mol. The lowest BCUT2D eigenvalue weighted by molar-refractivity contribution is 0.278. The monoisotopic (exact) mass is 251 g/mol. The van der Waals surface area contributed by atoms with Crippen LogP contribution in [0.2, 0.25) is 0 Å². The molecular formula is C15H22FNO.